The van der Waals surface area contributed by atoms with Crippen LogP contribution in [-0.2, 0) is 16.2 Å². The van der Waals surface area contributed by atoms with Crippen molar-refractivity contribution in [3.63, 3.8) is 0 Å². The van der Waals surface area contributed by atoms with E-state index in [0.29, 0.717) is 17.3 Å². The van der Waals surface area contributed by atoms with E-state index in [1.807, 2.05) is 30.3 Å². The Bertz CT molecular complexity index is 1270. The van der Waals surface area contributed by atoms with Crippen molar-refractivity contribution in [2.45, 2.75) is 11.1 Å². The number of aromatic amines is 1. The normalized spacial score (nSPS) is 15.6. The molecule has 1 amide bonds. The summed E-state index contributed by atoms with van der Waals surface area (Å²) >= 11 is 5.60. The van der Waals surface area contributed by atoms with Gasteiger partial charge < -0.3 is 4.90 Å². The van der Waals surface area contributed by atoms with E-state index in [1.165, 1.54) is 11.1 Å². The van der Waals surface area contributed by atoms with Crippen LogP contribution < -0.4 is 0 Å². The van der Waals surface area contributed by atoms with Crippen LogP contribution in [0.5, 0.6) is 0 Å². The Kier molecular flexibility index (Phi) is 6.21. The number of carbonyl (C=O) groups is 1. The monoisotopic (exact) mass is 498 g/mol. The van der Waals surface area contributed by atoms with E-state index in [0.717, 1.165) is 22.0 Å². The molecule has 12 heteroatoms. The average molecular weight is 499 g/mol. The lowest BCUT2D eigenvalue weighted by Crippen LogP contribution is -2.50. The second-order valence-corrected chi connectivity index (χ2v) is 9.71. The molecule has 2 heterocycles. The number of rotatable bonds is 4. The molecule has 0 spiro atoms. The number of nitrogens with zero attached hydrogens (tertiary/aromatic N) is 3. The number of carbonyl (C=O) groups excluding carboxylic acids is 1. The molecule has 3 aromatic rings. The second kappa shape index (κ2) is 8.81. The van der Waals surface area contributed by atoms with E-state index < -0.39 is 31.7 Å². The van der Waals surface area contributed by atoms with E-state index >= 15 is 0 Å². The minimum Gasteiger partial charge on any atom is -0.336 e. The third-order valence-electron chi connectivity index (χ3n) is 5.34. The molecule has 0 saturated carbocycles. The standard InChI is InChI=1S/C21H18ClF3N4O3S/c22-18-7-6-15(12-17(18)21(23,24)25)33(31,32)29-10-8-28(9-11-29)20(30)16-13-26-27-19(16)14-4-2-1-3-5-14/h1-7,12-13H,8-11H2,(H,26,27). The average Bonchev–Trinajstić information content (AvgIpc) is 3.28. The molecule has 0 unspecified atom stereocenters. The first-order valence-electron chi connectivity index (χ1n) is 9.84. The number of nitrogens with one attached hydrogen (secondary N) is 1. The van der Waals surface area contributed by atoms with Gasteiger partial charge in [0.25, 0.3) is 5.91 Å². The highest BCUT2D eigenvalue weighted by Crippen LogP contribution is 2.36. The fraction of sp³-hybridized carbons (Fsp3) is 0.238. The van der Waals surface area contributed by atoms with Crippen molar-refractivity contribution in [2.24, 2.45) is 0 Å². The number of piperazine rings is 1. The number of alkyl halides is 3. The minimum absolute atomic E-state index is 0.0590. The molecule has 0 atom stereocenters. The molecule has 1 aliphatic rings. The molecule has 33 heavy (non-hydrogen) atoms. The molecule has 7 nitrogen and oxygen atoms in total. The summed E-state index contributed by atoms with van der Waals surface area (Å²) in [5, 5.41) is 6.20. The molecule has 0 aliphatic carbocycles. The highest BCUT2D eigenvalue weighted by atomic mass is 35.5. The lowest BCUT2D eigenvalue weighted by molar-refractivity contribution is -0.137. The Balaban J connectivity index is 1.50. The Hall–Kier alpha value is -2.89. The Morgan fingerprint density at radius 3 is 2.33 bits per heavy atom. The number of benzene rings is 2. The second-order valence-electron chi connectivity index (χ2n) is 7.36. The number of hydrogen-bond donors (Lipinski definition) is 1. The molecule has 1 aliphatic heterocycles. The lowest BCUT2D eigenvalue weighted by Gasteiger charge is -2.34. The lowest BCUT2D eigenvalue weighted by atomic mass is 10.1. The first-order valence-corrected chi connectivity index (χ1v) is 11.7. The van der Waals surface area contributed by atoms with E-state index in [1.54, 1.807) is 0 Å². The Morgan fingerprint density at radius 2 is 1.70 bits per heavy atom. The molecule has 1 aromatic heterocycles. The summed E-state index contributed by atoms with van der Waals surface area (Å²) in [4.78, 5) is 14.0. The summed E-state index contributed by atoms with van der Waals surface area (Å²) in [6, 6.07) is 11.7. The van der Waals surface area contributed by atoms with Gasteiger partial charge in [0.1, 0.15) is 0 Å². The summed E-state index contributed by atoms with van der Waals surface area (Å²) in [5.74, 6) is -0.314. The molecule has 1 fully saturated rings. The van der Waals surface area contributed by atoms with Gasteiger partial charge in [0.05, 0.1) is 32.9 Å². The van der Waals surface area contributed by atoms with Gasteiger partial charge in [-0.15, -0.1) is 0 Å². The van der Waals surface area contributed by atoms with Gasteiger partial charge in [-0.25, -0.2) is 8.42 Å². The Labute approximate surface area is 192 Å². The fourth-order valence-electron chi connectivity index (χ4n) is 3.61. The summed E-state index contributed by atoms with van der Waals surface area (Å²) in [7, 11) is -4.20. The zero-order valence-electron chi connectivity index (χ0n) is 17.0. The molecule has 0 bridgehead atoms. The van der Waals surface area contributed by atoms with Crippen molar-refractivity contribution in [2.75, 3.05) is 26.2 Å². The maximum Gasteiger partial charge on any atom is 0.417 e. The van der Waals surface area contributed by atoms with Gasteiger partial charge in [-0.2, -0.15) is 22.6 Å². The van der Waals surface area contributed by atoms with Crippen LogP contribution in [0, 0.1) is 0 Å². The molecule has 1 saturated heterocycles. The quantitative estimate of drug-likeness (QED) is 0.591. The van der Waals surface area contributed by atoms with Crippen molar-refractivity contribution < 1.29 is 26.4 Å². The van der Waals surface area contributed by atoms with Crippen LogP contribution in [0.3, 0.4) is 0 Å². The van der Waals surface area contributed by atoms with Crippen molar-refractivity contribution in [3.05, 3.63) is 70.9 Å². The number of amides is 1. The van der Waals surface area contributed by atoms with Crippen LogP contribution in [0.25, 0.3) is 11.3 Å². The number of halogens is 4. The van der Waals surface area contributed by atoms with E-state index in [4.69, 9.17) is 11.6 Å². The number of sulfonamides is 1. The summed E-state index contributed by atoms with van der Waals surface area (Å²) in [6.45, 7) is 0.0432. The number of aromatic nitrogens is 2. The number of H-pyrrole nitrogens is 1. The highest BCUT2D eigenvalue weighted by molar-refractivity contribution is 7.89. The van der Waals surface area contributed by atoms with Crippen molar-refractivity contribution in [3.8, 4) is 11.3 Å². The van der Waals surface area contributed by atoms with Gasteiger partial charge in [-0.05, 0) is 18.2 Å². The first kappa shape index (κ1) is 23.3. The van der Waals surface area contributed by atoms with Crippen molar-refractivity contribution >= 4 is 27.5 Å². The van der Waals surface area contributed by atoms with Gasteiger partial charge >= 0.3 is 6.18 Å². The SMILES string of the molecule is O=C(c1cn[nH]c1-c1ccccc1)N1CCN(S(=O)(=O)c2ccc(Cl)c(C(F)(F)F)c2)CC1. The maximum atomic E-state index is 13.1. The van der Waals surface area contributed by atoms with E-state index in [2.05, 4.69) is 10.2 Å². The van der Waals surface area contributed by atoms with Gasteiger partial charge in [0.15, 0.2) is 0 Å². The largest absolute Gasteiger partial charge is 0.417 e. The molecule has 0 radical (unpaired) electrons. The summed E-state index contributed by atoms with van der Waals surface area (Å²) < 4.78 is 66.3. The van der Waals surface area contributed by atoms with Gasteiger partial charge in [-0.3, -0.25) is 9.89 Å². The van der Waals surface area contributed by atoms with Gasteiger partial charge in [-0.1, -0.05) is 41.9 Å². The zero-order valence-corrected chi connectivity index (χ0v) is 18.6. The van der Waals surface area contributed by atoms with Crippen LogP contribution in [0.1, 0.15) is 15.9 Å². The molecular formula is C21H18ClF3N4O3S. The van der Waals surface area contributed by atoms with Crippen molar-refractivity contribution in [1.82, 2.24) is 19.4 Å². The highest BCUT2D eigenvalue weighted by Gasteiger charge is 2.36. The van der Waals surface area contributed by atoms with Crippen LogP contribution >= 0.6 is 11.6 Å². The maximum absolute atomic E-state index is 13.1. The third-order valence-corrected chi connectivity index (χ3v) is 7.56. The predicted molar refractivity (Wildman–Crippen MR) is 115 cm³/mol. The van der Waals surface area contributed by atoms with Gasteiger partial charge in [0, 0.05) is 31.7 Å². The molecule has 174 valence electrons. The van der Waals surface area contributed by atoms with Crippen LogP contribution in [-0.4, -0.2) is 59.9 Å². The minimum atomic E-state index is -4.78. The third kappa shape index (κ3) is 4.61. The van der Waals surface area contributed by atoms with Crippen molar-refractivity contribution in [1.29, 1.82) is 0 Å². The van der Waals surface area contributed by atoms with Gasteiger partial charge in [0.2, 0.25) is 10.0 Å². The summed E-state index contributed by atoms with van der Waals surface area (Å²) in [5.41, 5.74) is 0.469. The molecule has 1 N–H and O–H groups in total. The topological polar surface area (TPSA) is 86.4 Å². The van der Waals surface area contributed by atoms with E-state index in [-0.39, 0.29) is 32.1 Å². The molecule has 4 rings (SSSR count). The predicted octanol–water partition coefficient (Wildman–Crippen LogP) is 3.90. The van der Waals surface area contributed by atoms with Crippen LogP contribution in [0.15, 0.2) is 59.6 Å². The smallest absolute Gasteiger partial charge is 0.336 e. The van der Waals surface area contributed by atoms with Crippen LogP contribution in [0.2, 0.25) is 5.02 Å². The van der Waals surface area contributed by atoms with Crippen LogP contribution in [0.4, 0.5) is 13.2 Å². The Morgan fingerprint density at radius 1 is 1.03 bits per heavy atom. The summed E-state index contributed by atoms with van der Waals surface area (Å²) in [6.07, 6.45) is -3.37. The fourth-order valence-corrected chi connectivity index (χ4v) is 5.28. The molecule has 2 aromatic carbocycles. The molecular weight excluding hydrogens is 481 g/mol. The number of hydrogen-bond acceptors (Lipinski definition) is 4. The zero-order chi connectivity index (χ0) is 23.8. The van der Waals surface area contributed by atoms with E-state index in [9.17, 15) is 26.4 Å². The first-order chi connectivity index (χ1) is 15.6.